The summed E-state index contributed by atoms with van der Waals surface area (Å²) >= 11 is 0. The molecular formula is C22H29NO4. The summed E-state index contributed by atoms with van der Waals surface area (Å²) in [5.74, 6) is 0.924. The van der Waals surface area contributed by atoms with Crippen LogP contribution in [0.2, 0.25) is 0 Å². The number of amides is 1. The Bertz CT molecular complexity index is 715. The zero-order chi connectivity index (χ0) is 19.5. The average Bonchev–Trinajstić information content (AvgIpc) is 2.67. The van der Waals surface area contributed by atoms with E-state index in [0.29, 0.717) is 38.1 Å². The predicted octanol–water partition coefficient (Wildman–Crippen LogP) is 4.38. The highest BCUT2D eigenvalue weighted by Gasteiger charge is 2.06. The van der Waals surface area contributed by atoms with Crippen LogP contribution in [0.3, 0.4) is 0 Å². The van der Waals surface area contributed by atoms with Crippen molar-refractivity contribution in [2.45, 2.75) is 33.3 Å². The van der Waals surface area contributed by atoms with Gasteiger partial charge in [0.25, 0.3) is 5.91 Å². The third kappa shape index (κ3) is 7.81. The summed E-state index contributed by atoms with van der Waals surface area (Å²) in [7, 11) is 0. The van der Waals surface area contributed by atoms with Crippen LogP contribution in [0.25, 0.3) is 0 Å². The zero-order valence-electron chi connectivity index (χ0n) is 16.4. The Hall–Kier alpha value is -2.37. The van der Waals surface area contributed by atoms with E-state index in [9.17, 15) is 4.79 Å². The van der Waals surface area contributed by atoms with E-state index in [4.69, 9.17) is 14.2 Å². The lowest BCUT2D eigenvalue weighted by Crippen LogP contribution is -2.20. The highest BCUT2D eigenvalue weighted by Crippen LogP contribution is 2.20. The molecule has 0 unspecified atom stereocenters. The van der Waals surface area contributed by atoms with Crippen LogP contribution < -0.4 is 10.1 Å². The number of hydrogen-bond donors (Lipinski definition) is 1. The molecular weight excluding hydrogens is 342 g/mol. The number of carbonyl (C=O) groups excluding carboxylic acids is 1. The fourth-order valence-corrected chi connectivity index (χ4v) is 2.50. The smallest absolute Gasteiger partial charge is 0.262 e. The molecule has 0 aliphatic rings. The number of rotatable bonds is 11. The van der Waals surface area contributed by atoms with E-state index in [0.717, 1.165) is 11.3 Å². The van der Waals surface area contributed by atoms with Crippen molar-refractivity contribution in [3.8, 4) is 5.75 Å². The lowest BCUT2D eigenvalue weighted by Gasteiger charge is -2.11. The Morgan fingerprint density at radius 1 is 1.04 bits per heavy atom. The molecule has 5 heteroatoms. The largest absolute Gasteiger partial charge is 0.484 e. The van der Waals surface area contributed by atoms with Gasteiger partial charge in [-0.1, -0.05) is 38.1 Å². The van der Waals surface area contributed by atoms with Crippen molar-refractivity contribution in [1.82, 2.24) is 0 Å². The van der Waals surface area contributed by atoms with Gasteiger partial charge in [-0.2, -0.15) is 0 Å². The molecule has 146 valence electrons. The zero-order valence-corrected chi connectivity index (χ0v) is 16.4. The molecule has 0 atom stereocenters. The predicted molar refractivity (Wildman–Crippen MR) is 107 cm³/mol. The van der Waals surface area contributed by atoms with Gasteiger partial charge in [-0.05, 0) is 48.2 Å². The van der Waals surface area contributed by atoms with Crippen molar-refractivity contribution in [3.05, 3.63) is 59.7 Å². The molecule has 0 aromatic heterocycles. The van der Waals surface area contributed by atoms with E-state index in [1.807, 2.05) is 49.4 Å². The van der Waals surface area contributed by atoms with Crippen molar-refractivity contribution in [1.29, 1.82) is 0 Å². The van der Waals surface area contributed by atoms with Crippen molar-refractivity contribution in [2.24, 2.45) is 0 Å². The summed E-state index contributed by atoms with van der Waals surface area (Å²) in [6, 6.07) is 15.4. The van der Waals surface area contributed by atoms with Crippen LogP contribution in [0.15, 0.2) is 48.5 Å². The van der Waals surface area contributed by atoms with Crippen LogP contribution in [0.5, 0.6) is 5.75 Å². The van der Waals surface area contributed by atoms with Gasteiger partial charge in [-0.25, -0.2) is 0 Å². The quantitative estimate of drug-likeness (QED) is 0.596. The number of benzene rings is 2. The molecule has 0 bridgehead atoms. The van der Waals surface area contributed by atoms with Crippen molar-refractivity contribution in [2.75, 3.05) is 31.7 Å². The van der Waals surface area contributed by atoms with E-state index in [2.05, 4.69) is 25.2 Å². The molecule has 5 nitrogen and oxygen atoms in total. The summed E-state index contributed by atoms with van der Waals surface area (Å²) in [5.41, 5.74) is 2.91. The molecule has 0 saturated carbocycles. The van der Waals surface area contributed by atoms with Crippen LogP contribution in [-0.2, 0) is 20.9 Å². The summed E-state index contributed by atoms with van der Waals surface area (Å²) in [6.07, 6.45) is 0. The van der Waals surface area contributed by atoms with Gasteiger partial charge in [-0.15, -0.1) is 0 Å². The van der Waals surface area contributed by atoms with E-state index >= 15 is 0 Å². The summed E-state index contributed by atoms with van der Waals surface area (Å²) < 4.78 is 16.4. The van der Waals surface area contributed by atoms with Crippen LogP contribution >= 0.6 is 0 Å². The third-order valence-corrected chi connectivity index (χ3v) is 3.95. The van der Waals surface area contributed by atoms with Crippen molar-refractivity contribution in [3.63, 3.8) is 0 Å². The molecule has 27 heavy (non-hydrogen) atoms. The average molecular weight is 371 g/mol. The Morgan fingerprint density at radius 3 is 2.59 bits per heavy atom. The first-order valence-electron chi connectivity index (χ1n) is 9.35. The number of nitrogens with one attached hydrogen (secondary N) is 1. The van der Waals surface area contributed by atoms with E-state index < -0.39 is 0 Å². The van der Waals surface area contributed by atoms with Crippen LogP contribution in [0.1, 0.15) is 37.8 Å². The van der Waals surface area contributed by atoms with Gasteiger partial charge in [0.2, 0.25) is 0 Å². The SMILES string of the molecule is CCOCCOCc1cccc(NC(=O)COc2cccc(C(C)C)c2)c1. The maximum Gasteiger partial charge on any atom is 0.262 e. The van der Waals surface area contributed by atoms with Gasteiger partial charge in [-0.3, -0.25) is 4.79 Å². The fourth-order valence-electron chi connectivity index (χ4n) is 2.50. The van der Waals surface area contributed by atoms with Gasteiger partial charge >= 0.3 is 0 Å². The van der Waals surface area contributed by atoms with E-state index in [1.54, 1.807) is 0 Å². The fraction of sp³-hybridized carbons (Fsp3) is 0.409. The maximum atomic E-state index is 12.2. The Balaban J connectivity index is 1.80. The molecule has 0 fully saturated rings. The summed E-state index contributed by atoms with van der Waals surface area (Å²) in [4.78, 5) is 12.2. The van der Waals surface area contributed by atoms with Crippen LogP contribution in [0, 0.1) is 0 Å². The first kappa shape index (κ1) is 20.9. The van der Waals surface area contributed by atoms with Crippen LogP contribution in [-0.4, -0.2) is 32.3 Å². The minimum Gasteiger partial charge on any atom is -0.484 e. The standard InChI is InChI=1S/C22H29NO4/c1-4-25-11-12-26-15-18-7-5-9-20(13-18)23-22(24)16-27-21-10-6-8-19(14-21)17(2)3/h5-10,13-14,17H,4,11-12,15-16H2,1-3H3,(H,23,24). The Kier molecular flexibility index (Phi) is 8.81. The van der Waals surface area contributed by atoms with Crippen molar-refractivity contribution >= 4 is 11.6 Å². The molecule has 0 aliphatic carbocycles. The molecule has 0 aliphatic heterocycles. The minimum absolute atomic E-state index is 0.0311. The lowest BCUT2D eigenvalue weighted by atomic mass is 10.0. The molecule has 0 radical (unpaired) electrons. The van der Waals surface area contributed by atoms with Gasteiger partial charge in [0, 0.05) is 12.3 Å². The third-order valence-electron chi connectivity index (χ3n) is 3.95. The van der Waals surface area contributed by atoms with Crippen molar-refractivity contribution < 1.29 is 19.0 Å². The van der Waals surface area contributed by atoms with E-state index in [-0.39, 0.29) is 12.5 Å². The number of ether oxygens (including phenoxy) is 3. The first-order chi connectivity index (χ1) is 13.1. The lowest BCUT2D eigenvalue weighted by molar-refractivity contribution is -0.118. The number of anilines is 1. The van der Waals surface area contributed by atoms with Gasteiger partial charge < -0.3 is 19.5 Å². The summed E-state index contributed by atoms with van der Waals surface area (Å²) in [5, 5.41) is 2.86. The van der Waals surface area contributed by atoms with Gasteiger partial charge in [0.15, 0.2) is 6.61 Å². The molecule has 0 spiro atoms. The monoisotopic (exact) mass is 371 g/mol. The molecule has 2 aromatic rings. The summed E-state index contributed by atoms with van der Waals surface area (Å²) in [6.45, 7) is 8.48. The molecule has 2 rings (SSSR count). The Morgan fingerprint density at radius 2 is 1.81 bits per heavy atom. The maximum absolute atomic E-state index is 12.2. The molecule has 0 heterocycles. The molecule has 2 aromatic carbocycles. The normalized spacial score (nSPS) is 10.8. The van der Waals surface area contributed by atoms with Crippen LogP contribution in [0.4, 0.5) is 5.69 Å². The number of hydrogen-bond acceptors (Lipinski definition) is 4. The van der Waals surface area contributed by atoms with Gasteiger partial charge in [0.1, 0.15) is 5.75 Å². The van der Waals surface area contributed by atoms with E-state index in [1.165, 1.54) is 5.56 Å². The molecule has 1 N–H and O–H groups in total. The Labute approximate surface area is 161 Å². The van der Waals surface area contributed by atoms with Gasteiger partial charge in [0.05, 0.1) is 19.8 Å². The topological polar surface area (TPSA) is 56.8 Å². The second-order valence-electron chi connectivity index (χ2n) is 6.51. The molecule has 1 amide bonds. The second-order valence-corrected chi connectivity index (χ2v) is 6.51. The molecule has 0 saturated heterocycles. The second kappa shape index (κ2) is 11.4. The highest BCUT2D eigenvalue weighted by molar-refractivity contribution is 5.91. The first-order valence-corrected chi connectivity index (χ1v) is 9.35. The highest BCUT2D eigenvalue weighted by atomic mass is 16.5. The minimum atomic E-state index is -0.195. The number of carbonyl (C=O) groups is 1.